The summed E-state index contributed by atoms with van der Waals surface area (Å²) in [5.41, 5.74) is -0.0285. The Morgan fingerprint density at radius 3 is 2.76 bits per heavy atom. The van der Waals surface area contributed by atoms with Gasteiger partial charge >= 0.3 is 35.2 Å². The first kappa shape index (κ1) is 20.2. The molecule has 1 fully saturated rings. The summed E-state index contributed by atoms with van der Waals surface area (Å²) < 4.78 is 0. The number of carbonyl (C=O) groups excluding carboxylic acids is 2. The fourth-order valence-corrected chi connectivity index (χ4v) is 4.44. The summed E-state index contributed by atoms with van der Waals surface area (Å²) in [7, 11) is 0. The number of hydrogen-bond acceptors (Lipinski definition) is 7. The molecule has 0 aromatic carbocycles. The second kappa shape index (κ2) is 7.63. The number of rotatable bonds is 5. The molecule has 25 heavy (non-hydrogen) atoms. The van der Waals surface area contributed by atoms with Crippen molar-refractivity contribution >= 4 is 23.6 Å². The van der Waals surface area contributed by atoms with Crippen LogP contribution in [0.15, 0.2) is 33.4 Å². The number of thioether (sulfide) groups is 1. The minimum atomic E-state index is -1.40. The van der Waals surface area contributed by atoms with Crippen LogP contribution < -0.4 is 40.4 Å². The van der Waals surface area contributed by atoms with Crippen LogP contribution in [-0.2, 0) is 9.59 Å². The maximum atomic E-state index is 12.2. The third-order valence-corrected chi connectivity index (χ3v) is 5.54. The van der Waals surface area contributed by atoms with Crippen LogP contribution in [0.4, 0.5) is 0 Å². The van der Waals surface area contributed by atoms with Crippen molar-refractivity contribution < 1.29 is 49.4 Å². The predicted octanol–water partition coefficient (Wildman–Crippen LogP) is -4.27. The number of carboxylic acids is 1. The van der Waals surface area contributed by atoms with E-state index >= 15 is 0 Å². The van der Waals surface area contributed by atoms with Gasteiger partial charge in [-0.1, -0.05) is 6.92 Å². The Bertz CT molecular complexity index is 793. The second-order valence-corrected chi connectivity index (χ2v) is 6.96. The molecule has 0 bridgehead atoms. The summed E-state index contributed by atoms with van der Waals surface area (Å²) >= 11 is 1.25. The van der Waals surface area contributed by atoms with Gasteiger partial charge in [0.05, 0.1) is 34.8 Å². The van der Waals surface area contributed by atoms with E-state index in [4.69, 9.17) is 0 Å². The number of H-pyrrole nitrogens is 1. The third kappa shape index (κ3) is 3.43. The molecule has 8 nitrogen and oxygen atoms in total. The first-order valence-electron chi connectivity index (χ1n) is 7.46. The smallest absolute Gasteiger partial charge is 0.543 e. The molecule has 0 saturated carbocycles. The molecule has 0 aliphatic carbocycles. The maximum Gasteiger partial charge on any atom is 1.00 e. The van der Waals surface area contributed by atoms with Gasteiger partial charge in [-0.25, -0.2) is 9.78 Å². The summed E-state index contributed by atoms with van der Waals surface area (Å²) in [5.74, 6) is -2.31. The number of aliphatic hydroxyl groups excluding tert-OH is 1. The molecule has 2 N–H and O–H groups in total. The van der Waals surface area contributed by atoms with Crippen molar-refractivity contribution in [2.75, 3.05) is 5.75 Å². The van der Waals surface area contributed by atoms with Crippen molar-refractivity contribution in [2.45, 2.75) is 31.0 Å². The van der Waals surface area contributed by atoms with Crippen LogP contribution in [0.25, 0.3) is 0 Å². The number of hydrogen-bond donors (Lipinski definition) is 2. The quantitative estimate of drug-likeness (QED) is 0.232. The van der Waals surface area contributed by atoms with Crippen LogP contribution in [0, 0.1) is 11.8 Å². The molecule has 0 spiro atoms. The summed E-state index contributed by atoms with van der Waals surface area (Å²) in [6, 6.07) is 1.25. The molecule has 4 atom stereocenters. The number of nitrogens with one attached hydrogen (secondary N) is 1. The third-order valence-electron chi connectivity index (χ3n) is 4.54. The van der Waals surface area contributed by atoms with Gasteiger partial charge in [-0.05, 0) is 18.6 Å². The van der Waals surface area contributed by atoms with E-state index < -0.39 is 29.6 Å². The van der Waals surface area contributed by atoms with E-state index in [0.717, 1.165) is 0 Å². The maximum absolute atomic E-state index is 12.2. The fourth-order valence-electron chi connectivity index (χ4n) is 3.42. The summed E-state index contributed by atoms with van der Waals surface area (Å²) in [6.45, 7) is 3.36. The second-order valence-electron chi connectivity index (χ2n) is 5.94. The average Bonchev–Trinajstić information content (AvgIpc) is 2.74. The molecule has 1 aromatic rings. The molecular formula is C15H16N3NaO5S. The monoisotopic (exact) mass is 373 g/mol. The van der Waals surface area contributed by atoms with E-state index in [1.54, 1.807) is 6.07 Å². The fraction of sp³-hybridized carbons (Fsp3) is 0.467. The van der Waals surface area contributed by atoms with Crippen molar-refractivity contribution in [3.05, 3.63) is 34.0 Å². The van der Waals surface area contributed by atoms with E-state index in [9.17, 15) is 24.6 Å². The SMILES string of the molecule is C[C@@H](O)C1C(=O)N2C(C(=O)[O-])=C(CSc3ccnc(=O)[nH]3)[C@H](C)C12.[Na+]. The predicted molar refractivity (Wildman–Crippen MR) is 82.6 cm³/mol. The van der Waals surface area contributed by atoms with Crippen LogP contribution >= 0.6 is 11.8 Å². The standard InChI is InChI=1S/C15H17N3O5S.Na/c1-6-8(5-24-9-3-4-16-15(23)17-9)12(14(21)22)18-11(6)10(7(2)19)13(18)20;/h3-4,6-7,10-11,19H,5H2,1-2H3,(H,21,22)(H,16,17,23);/q;+1/p-1/t6-,7+,10?,11?;/m0./s1. The number of aliphatic carboxylic acids is 1. The molecule has 2 aliphatic heterocycles. The average molecular weight is 373 g/mol. The van der Waals surface area contributed by atoms with Gasteiger partial charge in [0, 0.05) is 17.9 Å². The molecule has 10 heteroatoms. The minimum Gasteiger partial charge on any atom is -0.543 e. The van der Waals surface area contributed by atoms with Crippen molar-refractivity contribution in [1.82, 2.24) is 14.9 Å². The molecule has 1 saturated heterocycles. The van der Waals surface area contributed by atoms with Gasteiger partial charge in [0.1, 0.15) is 0 Å². The number of fused-ring (bicyclic) bond motifs is 1. The Hall–Kier alpha value is -1.13. The van der Waals surface area contributed by atoms with Crippen LogP contribution in [0.3, 0.4) is 0 Å². The Balaban J connectivity index is 0.00000225. The zero-order valence-electron chi connectivity index (χ0n) is 14.1. The van der Waals surface area contributed by atoms with E-state index in [-0.39, 0.29) is 53.0 Å². The molecule has 2 aliphatic rings. The number of β-lactam (4-membered cyclic amide) rings is 1. The van der Waals surface area contributed by atoms with E-state index in [1.165, 1.54) is 29.8 Å². The Morgan fingerprint density at radius 2 is 2.20 bits per heavy atom. The van der Waals surface area contributed by atoms with Gasteiger partial charge in [0.2, 0.25) is 5.91 Å². The van der Waals surface area contributed by atoms with E-state index in [1.807, 2.05) is 6.92 Å². The first-order valence-corrected chi connectivity index (χ1v) is 8.45. The molecule has 3 heterocycles. The normalized spacial score (nSPS) is 26.0. The minimum absolute atomic E-state index is 0. The number of aromatic nitrogens is 2. The number of aliphatic hydroxyl groups is 1. The van der Waals surface area contributed by atoms with Crippen LogP contribution in [0.5, 0.6) is 0 Å². The number of nitrogens with zero attached hydrogens (tertiary/aromatic N) is 2. The van der Waals surface area contributed by atoms with Gasteiger partial charge in [0.25, 0.3) is 0 Å². The zero-order valence-corrected chi connectivity index (χ0v) is 16.9. The van der Waals surface area contributed by atoms with Crippen molar-refractivity contribution in [1.29, 1.82) is 0 Å². The Labute approximate surface area is 170 Å². The van der Waals surface area contributed by atoms with Crippen LogP contribution in [0.1, 0.15) is 13.8 Å². The number of aromatic amines is 1. The van der Waals surface area contributed by atoms with Gasteiger partial charge in [0.15, 0.2) is 0 Å². The molecule has 2 unspecified atom stereocenters. The van der Waals surface area contributed by atoms with Gasteiger partial charge in [-0.15, -0.1) is 11.8 Å². The molecule has 3 rings (SSSR count). The van der Waals surface area contributed by atoms with E-state index in [0.29, 0.717) is 10.6 Å². The molecular weight excluding hydrogens is 357 g/mol. The summed E-state index contributed by atoms with van der Waals surface area (Å²) in [5, 5.41) is 21.9. The summed E-state index contributed by atoms with van der Waals surface area (Å²) in [4.78, 5) is 42.3. The van der Waals surface area contributed by atoms with E-state index in [2.05, 4.69) is 9.97 Å². The van der Waals surface area contributed by atoms with Gasteiger partial charge < -0.3 is 24.9 Å². The van der Waals surface area contributed by atoms with Gasteiger partial charge in [-0.3, -0.25) is 4.79 Å². The number of carboxylic acid groups (broad SMARTS) is 1. The van der Waals surface area contributed by atoms with Gasteiger partial charge in [-0.2, -0.15) is 0 Å². The Morgan fingerprint density at radius 1 is 1.52 bits per heavy atom. The topological polar surface area (TPSA) is 126 Å². The Kier molecular flexibility index (Phi) is 6.16. The van der Waals surface area contributed by atoms with Crippen molar-refractivity contribution in [2.24, 2.45) is 11.8 Å². The molecule has 1 aromatic heterocycles. The van der Waals surface area contributed by atoms with Crippen molar-refractivity contribution in [3.8, 4) is 0 Å². The number of carbonyl (C=O) groups is 2. The van der Waals surface area contributed by atoms with Crippen molar-refractivity contribution in [3.63, 3.8) is 0 Å². The first-order chi connectivity index (χ1) is 11.3. The molecule has 1 amide bonds. The zero-order chi connectivity index (χ0) is 17.6. The largest absolute Gasteiger partial charge is 1.00 e. The molecule has 128 valence electrons. The van der Waals surface area contributed by atoms with Crippen LogP contribution in [0.2, 0.25) is 0 Å². The molecule has 0 radical (unpaired) electrons. The number of amides is 1. The summed E-state index contributed by atoms with van der Waals surface area (Å²) in [6.07, 6.45) is 0.528. The van der Waals surface area contributed by atoms with Crippen LogP contribution in [-0.4, -0.2) is 49.7 Å².